The normalized spacial score (nSPS) is 33.8. The number of hydrogen-bond donors (Lipinski definition) is 1. The van der Waals surface area contributed by atoms with Gasteiger partial charge in [-0.2, -0.15) is 0 Å². The van der Waals surface area contributed by atoms with E-state index in [1.165, 1.54) is 44.9 Å². The minimum atomic E-state index is 0.652. The van der Waals surface area contributed by atoms with Gasteiger partial charge in [-0.1, -0.05) is 26.2 Å². The molecule has 0 aromatic heterocycles. The van der Waals surface area contributed by atoms with Crippen molar-refractivity contribution in [2.24, 2.45) is 17.6 Å². The molecule has 0 aromatic carbocycles. The van der Waals surface area contributed by atoms with Crippen molar-refractivity contribution >= 4 is 0 Å². The summed E-state index contributed by atoms with van der Waals surface area (Å²) < 4.78 is 0. The third-order valence-electron chi connectivity index (χ3n) is 5.05. The van der Waals surface area contributed by atoms with E-state index in [2.05, 4.69) is 18.9 Å². The predicted molar refractivity (Wildman–Crippen MR) is 69.4 cm³/mol. The van der Waals surface area contributed by atoms with Crippen molar-refractivity contribution in [1.29, 1.82) is 0 Å². The van der Waals surface area contributed by atoms with Crippen LogP contribution in [0, 0.1) is 11.8 Å². The summed E-state index contributed by atoms with van der Waals surface area (Å²) in [6.07, 6.45) is 9.90. The van der Waals surface area contributed by atoms with Crippen molar-refractivity contribution in [3.8, 4) is 0 Å². The van der Waals surface area contributed by atoms with E-state index < -0.39 is 0 Å². The van der Waals surface area contributed by atoms with Gasteiger partial charge in [-0.3, -0.25) is 4.90 Å². The molecule has 2 N–H and O–H groups in total. The summed E-state index contributed by atoms with van der Waals surface area (Å²) in [6, 6.07) is 1.45. The van der Waals surface area contributed by atoms with Crippen molar-refractivity contribution < 1.29 is 0 Å². The van der Waals surface area contributed by atoms with Gasteiger partial charge in [-0.25, -0.2) is 0 Å². The maximum absolute atomic E-state index is 5.99. The molecule has 2 saturated carbocycles. The van der Waals surface area contributed by atoms with Crippen molar-refractivity contribution in [2.75, 3.05) is 13.6 Å². The second kappa shape index (κ2) is 5.50. The topological polar surface area (TPSA) is 29.3 Å². The Labute approximate surface area is 101 Å². The second-order valence-electron chi connectivity index (χ2n) is 5.99. The molecule has 0 saturated heterocycles. The molecule has 0 bridgehead atoms. The third-order valence-corrected chi connectivity index (χ3v) is 5.05. The molecule has 2 aliphatic rings. The zero-order valence-corrected chi connectivity index (χ0v) is 11.0. The molecule has 2 fully saturated rings. The van der Waals surface area contributed by atoms with Gasteiger partial charge in [-0.15, -0.1) is 0 Å². The second-order valence-corrected chi connectivity index (χ2v) is 5.99. The monoisotopic (exact) mass is 224 g/mol. The maximum Gasteiger partial charge on any atom is 0.0246 e. The quantitative estimate of drug-likeness (QED) is 0.795. The SMILES string of the molecule is CC1CCCCC1N(C)C(CN)C1CCC1. The first-order valence-corrected chi connectivity index (χ1v) is 7.16. The number of nitrogens with two attached hydrogens (primary N) is 1. The van der Waals surface area contributed by atoms with Crippen LogP contribution in [0.1, 0.15) is 51.9 Å². The van der Waals surface area contributed by atoms with Gasteiger partial charge in [0.05, 0.1) is 0 Å². The molecule has 2 aliphatic carbocycles. The summed E-state index contributed by atoms with van der Waals surface area (Å²) in [5.41, 5.74) is 5.99. The summed E-state index contributed by atoms with van der Waals surface area (Å²) in [5.74, 6) is 1.76. The lowest BCUT2D eigenvalue weighted by Crippen LogP contribution is -2.52. The van der Waals surface area contributed by atoms with Crippen LogP contribution in [0.15, 0.2) is 0 Å². The minimum Gasteiger partial charge on any atom is -0.329 e. The van der Waals surface area contributed by atoms with E-state index in [-0.39, 0.29) is 0 Å². The van der Waals surface area contributed by atoms with Crippen LogP contribution in [0.4, 0.5) is 0 Å². The van der Waals surface area contributed by atoms with Gasteiger partial charge in [0.15, 0.2) is 0 Å². The van der Waals surface area contributed by atoms with E-state index in [0.29, 0.717) is 6.04 Å². The van der Waals surface area contributed by atoms with Gasteiger partial charge < -0.3 is 5.73 Å². The number of hydrogen-bond acceptors (Lipinski definition) is 2. The fraction of sp³-hybridized carbons (Fsp3) is 1.00. The van der Waals surface area contributed by atoms with E-state index in [9.17, 15) is 0 Å². The van der Waals surface area contributed by atoms with Crippen LogP contribution >= 0.6 is 0 Å². The van der Waals surface area contributed by atoms with Crippen LogP contribution in [-0.2, 0) is 0 Å². The molecular formula is C14H28N2. The molecule has 0 aliphatic heterocycles. The first-order valence-electron chi connectivity index (χ1n) is 7.16. The van der Waals surface area contributed by atoms with Crippen molar-refractivity contribution in [2.45, 2.75) is 64.0 Å². The molecular weight excluding hydrogens is 196 g/mol. The Morgan fingerprint density at radius 1 is 1.12 bits per heavy atom. The third kappa shape index (κ3) is 2.43. The number of nitrogens with zero attached hydrogens (tertiary/aromatic N) is 1. The summed E-state index contributed by atoms with van der Waals surface area (Å²) in [4.78, 5) is 2.63. The predicted octanol–water partition coefficient (Wildman–Crippen LogP) is 2.62. The Morgan fingerprint density at radius 2 is 1.81 bits per heavy atom. The molecule has 2 nitrogen and oxygen atoms in total. The Morgan fingerprint density at radius 3 is 2.31 bits per heavy atom. The van der Waals surface area contributed by atoms with E-state index in [0.717, 1.165) is 24.4 Å². The first-order chi connectivity index (χ1) is 7.74. The highest BCUT2D eigenvalue weighted by Crippen LogP contribution is 2.35. The molecule has 0 spiro atoms. The average Bonchev–Trinajstić information content (AvgIpc) is 2.23. The van der Waals surface area contributed by atoms with E-state index in [1.54, 1.807) is 0 Å². The standard InChI is InChI=1S/C14H28N2/c1-11-6-3-4-9-13(11)16(2)14(10-15)12-7-5-8-12/h11-14H,3-10,15H2,1-2H3. The first kappa shape index (κ1) is 12.4. The highest BCUT2D eigenvalue weighted by atomic mass is 15.2. The molecule has 3 unspecified atom stereocenters. The van der Waals surface area contributed by atoms with Crippen LogP contribution in [-0.4, -0.2) is 30.6 Å². The highest BCUT2D eigenvalue weighted by Gasteiger charge is 2.34. The molecule has 2 heteroatoms. The van der Waals surface area contributed by atoms with Crippen LogP contribution in [0.25, 0.3) is 0 Å². The number of rotatable bonds is 4. The summed E-state index contributed by atoms with van der Waals surface area (Å²) in [7, 11) is 2.32. The molecule has 16 heavy (non-hydrogen) atoms. The Hall–Kier alpha value is -0.0800. The lowest BCUT2D eigenvalue weighted by Gasteiger charge is -2.45. The summed E-state index contributed by atoms with van der Waals surface area (Å²) >= 11 is 0. The molecule has 3 atom stereocenters. The largest absolute Gasteiger partial charge is 0.329 e. The lowest BCUT2D eigenvalue weighted by atomic mass is 9.77. The van der Waals surface area contributed by atoms with Gasteiger partial charge in [0, 0.05) is 18.6 Å². The Bertz CT molecular complexity index is 209. The van der Waals surface area contributed by atoms with Crippen LogP contribution < -0.4 is 5.73 Å². The van der Waals surface area contributed by atoms with Crippen LogP contribution in [0.5, 0.6) is 0 Å². The van der Waals surface area contributed by atoms with E-state index in [1.807, 2.05) is 0 Å². The molecule has 94 valence electrons. The minimum absolute atomic E-state index is 0.652. The van der Waals surface area contributed by atoms with E-state index in [4.69, 9.17) is 5.73 Å². The van der Waals surface area contributed by atoms with Gasteiger partial charge in [0.2, 0.25) is 0 Å². The van der Waals surface area contributed by atoms with Crippen molar-refractivity contribution in [1.82, 2.24) is 4.90 Å². The fourth-order valence-electron chi connectivity index (χ4n) is 3.66. The summed E-state index contributed by atoms with van der Waals surface area (Å²) in [5, 5.41) is 0. The molecule has 0 radical (unpaired) electrons. The maximum atomic E-state index is 5.99. The molecule has 0 aromatic rings. The van der Waals surface area contributed by atoms with Crippen molar-refractivity contribution in [3.05, 3.63) is 0 Å². The Balaban J connectivity index is 1.94. The zero-order chi connectivity index (χ0) is 11.5. The molecule has 2 rings (SSSR count). The average molecular weight is 224 g/mol. The summed E-state index contributed by atoms with van der Waals surface area (Å²) in [6.45, 7) is 3.28. The highest BCUT2D eigenvalue weighted by molar-refractivity contribution is 4.89. The Kier molecular flexibility index (Phi) is 4.26. The van der Waals surface area contributed by atoms with Crippen LogP contribution in [0.3, 0.4) is 0 Å². The van der Waals surface area contributed by atoms with Gasteiger partial charge in [-0.05, 0) is 44.6 Å². The van der Waals surface area contributed by atoms with Gasteiger partial charge in [0.25, 0.3) is 0 Å². The lowest BCUT2D eigenvalue weighted by molar-refractivity contribution is 0.0466. The van der Waals surface area contributed by atoms with Gasteiger partial charge in [0.1, 0.15) is 0 Å². The van der Waals surface area contributed by atoms with E-state index >= 15 is 0 Å². The smallest absolute Gasteiger partial charge is 0.0246 e. The molecule has 0 heterocycles. The van der Waals surface area contributed by atoms with Crippen molar-refractivity contribution in [3.63, 3.8) is 0 Å². The zero-order valence-electron chi connectivity index (χ0n) is 11.0. The van der Waals surface area contributed by atoms with Gasteiger partial charge >= 0.3 is 0 Å². The number of likely N-dealkylation sites (N-methyl/N-ethyl adjacent to an activating group) is 1. The fourth-order valence-corrected chi connectivity index (χ4v) is 3.66. The molecule has 0 amide bonds. The van der Waals surface area contributed by atoms with Crippen LogP contribution in [0.2, 0.25) is 0 Å².